The first-order chi connectivity index (χ1) is 9.72. The molecule has 0 radical (unpaired) electrons. The van der Waals surface area contributed by atoms with E-state index in [0.717, 1.165) is 5.56 Å². The number of aliphatic hydroxyl groups excluding tert-OH is 2. The van der Waals surface area contributed by atoms with E-state index in [4.69, 9.17) is 10.2 Å². The lowest BCUT2D eigenvalue weighted by Crippen LogP contribution is -2.37. The Bertz CT molecular complexity index is 563. The first-order valence-electron chi connectivity index (χ1n) is 6.45. The Balaban J connectivity index is 1.95. The summed E-state index contributed by atoms with van der Waals surface area (Å²) >= 11 is 0. The van der Waals surface area contributed by atoms with Crippen LogP contribution in [0.4, 0.5) is 0 Å². The van der Waals surface area contributed by atoms with Gasteiger partial charge < -0.3 is 15.5 Å². The Labute approximate surface area is 115 Å². The van der Waals surface area contributed by atoms with Crippen molar-refractivity contribution in [3.05, 3.63) is 23.8 Å². The van der Waals surface area contributed by atoms with Gasteiger partial charge in [-0.3, -0.25) is 4.79 Å². The van der Waals surface area contributed by atoms with E-state index in [1.165, 1.54) is 0 Å². The van der Waals surface area contributed by atoms with Crippen molar-refractivity contribution in [2.75, 3.05) is 13.2 Å². The van der Waals surface area contributed by atoms with Crippen LogP contribution in [0.1, 0.15) is 18.4 Å². The highest BCUT2D eigenvalue weighted by Crippen LogP contribution is 2.12. The first-order valence-corrected chi connectivity index (χ1v) is 6.45. The van der Waals surface area contributed by atoms with Gasteiger partial charge >= 0.3 is 0 Å². The summed E-state index contributed by atoms with van der Waals surface area (Å²) in [6.07, 6.45) is 1.06. The van der Waals surface area contributed by atoms with Crippen LogP contribution in [0, 0.1) is 0 Å². The topological polar surface area (TPSA) is 108 Å². The molecule has 2 aromatic rings. The van der Waals surface area contributed by atoms with Gasteiger partial charge in [0.15, 0.2) is 0 Å². The number of fused-ring (bicyclic) bond motifs is 1. The van der Waals surface area contributed by atoms with Gasteiger partial charge in [-0.25, -0.2) is 4.63 Å². The zero-order valence-corrected chi connectivity index (χ0v) is 11.0. The molecule has 0 unspecified atom stereocenters. The number of rotatable bonds is 7. The van der Waals surface area contributed by atoms with E-state index in [-0.39, 0.29) is 31.6 Å². The van der Waals surface area contributed by atoms with Crippen molar-refractivity contribution in [3.8, 4) is 0 Å². The molecule has 0 spiro atoms. The molecule has 0 aliphatic rings. The molecule has 1 aromatic heterocycles. The Kier molecular flexibility index (Phi) is 5.03. The third-order valence-corrected chi connectivity index (χ3v) is 3.00. The second kappa shape index (κ2) is 6.97. The summed E-state index contributed by atoms with van der Waals surface area (Å²) in [5.74, 6) is -0.160. The van der Waals surface area contributed by atoms with Crippen LogP contribution >= 0.6 is 0 Å². The van der Waals surface area contributed by atoms with E-state index in [1.807, 2.05) is 0 Å². The standard InChI is InChI=1S/C13H17N3O4/c17-5-3-10(4-6-18)14-13(19)8-9-1-2-11-12(7-9)16-20-15-11/h1-2,7,10,17-18H,3-6,8H2,(H,14,19). The van der Waals surface area contributed by atoms with E-state index in [2.05, 4.69) is 20.3 Å². The maximum atomic E-state index is 11.9. The first kappa shape index (κ1) is 14.4. The number of nitrogens with one attached hydrogen (secondary N) is 1. The van der Waals surface area contributed by atoms with Gasteiger partial charge in [0.1, 0.15) is 11.0 Å². The summed E-state index contributed by atoms with van der Waals surface area (Å²) < 4.78 is 4.60. The monoisotopic (exact) mass is 279 g/mol. The molecule has 0 bridgehead atoms. The van der Waals surface area contributed by atoms with Gasteiger partial charge in [-0.05, 0) is 40.9 Å². The van der Waals surface area contributed by atoms with Crippen molar-refractivity contribution in [2.45, 2.75) is 25.3 Å². The molecule has 0 saturated carbocycles. The second-order valence-electron chi connectivity index (χ2n) is 4.55. The summed E-state index contributed by atoms with van der Waals surface area (Å²) in [5, 5.41) is 28.0. The summed E-state index contributed by atoms with van der Waals surface area (Å²) in [6.45, 7) is -0.0526. The molecule has 0 saturated heterocycles. The number of benzene rings is 1. The van der Waals surface area contributed by atoms with Gasteiger partial charge in [0.05, 0.1) is 6.42 Å². The van der Waals surface area contributed by atoms with Crippen LogP contribution in [0.5, 0.6) is 0 Å². The Morgan fingerprint density at radius 1 is 1.20 bits per heavy atom. The SMILES string of the molecule is O=C(Cc1ccc2nonc2c1)NC(CCO)CCO. The number of amides is 1. The fourth-order valence-electron chi connectivity index (χ4n) is 2.00. The molecule has 7 nitrogen and oxygen atoms in total. The molecule has 1 heterocycles. The third kappa shape index (κ3) is 3.75. The molecule has 0 atom stereocenters. The fraction of sp³-hybridized carbons (Fsp3) is 0.462. The Hall–Kier alpha value is -1.99. The van der Waals surface area contributed by atoms with Crippen LogP contribution in [-0.2, 0) is 11.2 Å². The normalized spacial score (nSPS) is 11.2. The van der Waals surface area contributed by atoms with E-state index < -0.39 is 0 Å². The van der Waals surface area contributed by atoms with Gasteiger partial charge in [0.2, 0.25) is 5.91 Å². The van der Waals surface area contributed by atoms with E-state index >= 15 is 0 Å². The molecule has 0 fully saturated rings. The smallest absolute Gasteiger partial charge is 0.224 e. The summed E-state index contributed by atoms with van der Waals surface area (Å²) in [5.41, 5.74) is 2.06. The van der Waals surface area contributed by atoms with Crippen molar-refractivity contribution in [1.82, 2.24) is 15.6 Å². The number of carbonyl (C=O) groups is 1. The number of aromatic nitrogens is 2. The van der Waals surface area contributed by atoms with Crippen LogP contribution in [0.2, 0.25) is 0 Å². The molecule has 1 amide bonds. The summed E-state index contributed by atoms with van der Waals surface area (Å²) in [7, 11) is 0. The minimum Gasteiger partial charge on any atom is -0.396 e. The van der Waals surface area contributed by atoms with E-state index in [9.17, 15) is 4.79 Å². The highest BCUT2D eigenvalue weighted by Gasteiger charge is 2.12. The van der Waals surface area contributed by atoms with Crippen LogP contribution in [-0.4, -0.2) is 45.7 Å². The zero-order chi connectivity index (χ0) is 14.4. The third-order valence-electron chi connectivity index (χ3n) is 3.00. The number of nitrogens with zero attached hydrogens (tertiary/aromatic N) is 2. The average molecular weight is 279 g/mol. The van der Waals surface area contributed by atoms with Crippen LogP contribution in [0.25, 0.3) is 11.0 Å². The highest BCUT2D eigenvalue weighted by atomic mass is 16.6. The van der Waals surface area contributed by atoms with Crippen molar-refractivity contribution in [2.24, 2.45) is 0 Å². The van der Waals surface area contributed by atoms with Crippen molar-refractivity contribution in [3.63, 3.8) is 0 Å². The number of hydrogen-bond donors (Lipinski definition) is 3. The number of hydrogen-bond acceptors (Lipinski definition) is 6. The van der Waals surface area contributed by atoms with Gasteiger partial charge in [-0.15, -0.1) is 0 Å². The summed E-state index contributed by atoms with van der Waals surface area (Å²) in [6, 6.07) is 5.07. The van der Waals surface area contributed by atoms with Crippen LogP contribution < -0.4 is 5.32 Å². The second-order valence-corrected chi connectivity index (χ2v) is 4.55. The lowest BCUT2D eigenvalue weighted by atomic mass is 10.1. The summed E-state index contributed by atoms with van der Waals surface area (Å²) in [4.78, 5) is 11.9. The lowest BCUT2D eigenvalue weighted by Gasteiger charge is -2.16. The molecular weight excluding hydrogens is 262 g/mol. The lowest BCUT2D eigenvalue weighted by molar-refractivity contribution is -0.121. The fourth-order valence-corrected chi connectivity index (χ4v) is 2.00. The maximum Gasteiger partial charge on any atom is 0.224 e. The Morgan fingerprint density at radius 2 is 1.90 bits per heavy atom. The largest absolute Gasteiger partial charge is 0.396 e. The average Bonchev–Trinajstić information content (AvgIpc) is 2.86. The quantitative estimate of drug-likeness (QED) is 0.659. The van der Waals surface area contributed by atoms with Crippen molar-refractivity contribution < 1.29 is 19.6 Å². The predicted molar refractivity (Wildman–Crippen MR) is 70.8 cm³/mol. The number of carbonyl (C=O) groups excluding carboxylic acids is 1. The molecule has 0 aliphatic carbocycles. The predicted octanol–water partition coefficient (Wildman–Crippen LogP) is 0.0149. The van der Waals surface area contributed by atoms with Gasteiger partial charge in [0.25, 0.3) is 0 Å². The molecule has 7 heteroatoms. The van der Waals surface area contributed by atoms with Crippen molar-refractivity contribution in [1.29, 1.82) is 0 Å². The maximum absolute atomic E-state index is 11.9. The van der Waals surface area contributed by atoms with Gasteiger partial charge in [0, 0.05) is 19.3 Å². The van der Waals surface area contributed by atoms with Crippen LogP contribution in [0.15, 0.2) is 22.8 Å². The molecule has 2 rings (SSSR count). The van der Waals surface area contributed by atoms with Crippen LogP contribution in [0.3, 0.4) is 0 Å². The Morgan fingerprint density at radius 3 is 2.60 bits per heavy atom. The molecule has 0 aliphatic heterocycles. The number of aliphatic hydroxyl groups is 2. The highest BCUT2D eigenvalue weighted by molar-refractivity contribution is 5.81. The molecule has 20 heavy (non-hydrogen) atoms. The minimum atomic E-state index is -0.213. The molecule has 3 N–H and O–H groups in total. The van der Waals surface area contributed by atoms with Gasteiger partial charge in [-0.2, -0.15) is 0 Å². The van der Waals surface area contributed by atoms with E-state index in [1.54, 1.807) is 18.2 Å². The minimum absolute atomic E-state index is 0.0263. The molecule has 108 valence electrons. The van der Waals surface area contributed by atoms with Crippen molar-refractivity contribution >= 4 is 16.9 Å². The molecular formula is C13H17N3O4. The van der Waals surface area contributed by atoms with E-state index in [0.29, 0.717) is 23.9 Å². The van der Waals surface area contributed by atoms with Gasteiger partial charge in [-0.1, -0.05) is 6.07 Å². The molecule has 1 aromatic carbocycles. The zero-order valence-electron chi connectivity index (χ0n) is 11.0.